The average molecular weight is 285 g/mol. The fraction of sp³-hybridized carbons (Fsp3) is 0.533. The number of unbranched alkanes of at least 4 members (excludes halogenated alkanes) is 2. The molecule has 0 aliphatic carbocycles. The molecule has 0 aromatic carbocycles. The van der Waals surface area contributed by atoms with E-state index in [9.17, 15) is 0 Å². The zero-order valence-electron chi connectivity index (χ0n) is 11.4. The van der Waals surface area contributed by atoms with E-state index < -0.39 is 0 Å². The van der Waals surface area contributed by atoms with Gasteiger partial charge in [0.1, 0.15) is 5.82 Å². The van der Waals surface area contributed by atoms with E-state index in [2.05, 4.69) is 42.5 Å². The van der Waals surface area contributed by atoms with Crippen molar-refractivity contribution >= 4 is 5.82 Å². The van der Waals surface area contributed by atoms with Gasteiger partial charge in [-0.15, -0.1) is 13.2 Å². The summed E-state index contributed by atoms with van der Waals surface area (Å²) in [6.45, 7) is 9.32. The predicted molar refractivity (Wildman–Crippen MR) is 77.6 cm³/mol. The van der Waals surface area contributed by atoms with Crippen molar-refractivity contribution in [2.75, 3.05) is 11.9 Å². The van der Waals surface area contributed by atoms with Gasteiger partial charge in [-0.25, -0.2) is 4.98 Å². The number of nitrogens with one attached hydrogen (secondary N) is 1. The first-order valence-electron chi connectivity index (χ1n) is 6.63. The van der Waals surface area contributed by atoms with Gasteiger partial charge in [0.25, 0.3) is 0 Å². The Balaban J connectivity index is 0. The third kappa shape index (κ3) is 5.28. The number of nitrogens with zero attached hydrogens (tertiary/aromatic N) is 1. The van der Waals surface area contributed by atoms with Crippen molar-refractivity contribution in [3.63, 3.8) is 0 Å². The summed E-state index contributed by atoms with van der Waals surface area (Å²) in [5.41, 5.74) is 2.64. The number of hydrogen-bond donors (Lipinski definition) is 1. The standard InChI is InChI=1S/C13H20N2.C2H4.V.H2/c1-2-3-4-7-12-9-8-11-6-5-10-14-13(11)15-12;1-2;;/h8-9H,2-7,10H2,1H3,(H,14,15);1-2H2;;1H. The molecule has 1 N–H and O–H groups in total. The molecule has 101 valence electrons. The number of anilines is 1. The molecule has 0 amide bonds. The Morgan fingerprint density at radius 1 is 1.33 bits per heavy atom. The summed E-state index contributed by atoms with van der Waals surface area (Å²) in [4.78, 5) is 4.67. The SMILES string of the molecule is C=C.CCCCCc1ccc2c(n1)NCCC2.[HH].[V]. The van der Waals surface area contributed by atoms with E-state index in [1.807, 2.05) is 0 Å². The van der Waals surface area contributed by atoms with Gasteiger partial charge in [-0.3, -0.25) is 0 Å². The van der Waals surface area contributed by atoms with E-state index in [-0.39, 0.29) is 20.0 Å². The zero-order chi connectivity index (χ0) is 12.5. The molecule has 1 aromatic rings. The molecule has 2 nitrogen and oxygen atoms in total. The van der Waals surface area contributed by atoms with Gasteiger partial charge in [-0.1, -0.05) is 25.8 Å². The normalized spacial score (nSPS) is 12.3. The van der Waals surface area contributed by atoms with Crippen LogP contribution in [0.25, 0.3) is 0 Å². The smallest absolute Gasteiger partial charge is 0.129 e. The Morgan fingerprint density at radius 2 is 2.11 bits per heavy atom. The zero-order valence-corrected chi connectivity index (χ0v) is 12.8. The Morgan fingerprint density at radius 3 is 2.83 bits per heavy atom. The molecule has 0 saturated heterocycles. The van der Waals surface area contributed by atoms with Crippen LogP contribution >= 0.6 is 0 Å². The first kappa shape index (κ1) is 17.3. The van der Waals surface area contributed by atoms with Crippen LogP contribution < -0.4 is 5.32 Å². The minimum absolute atomic E-state index is 0. The number of aromatic nitrogens is 1. The molecule has 0 bridgehead atoms. The number of hydrogen-bond acceptors (Lipinski definition) is 2. The van der Waals surface area contributed by atoms with Crippen LogP contribution in [0.5, 0.6) is 0 Å². The second-order valence-corrected chi connectivity index (χ2v) is 4.30. The van der Waals surface area contributed by atoms with E-state index in [1.54, 1.807) is 0 Å². The van der Waals surface area contributed by atoms with Gasteiger partial charge < -0.3 is 5.32 Å². The molecule has 3 heteroatoms. The Hall–Kier alpha value is -0.726. The van der Waals surface area contributed by atoms with Crippen molar-refractivity contribution in [2.45, 2.75) is 45.4 Å². The molecular formula is C15H26N2V. The summed E-state index contributed by atoms with van der Waals surface area (Å²) in [7, 11) is 0. The molecule has 1 aromatic heterocycles. The van der Waals surface area contributed by atoms with Crippen LogP contribution in [-0.4, -0.2) is 11.5 Å². The molecule has 0 unspecified atom stereocenters. The third-order valence-corrected chi connectivity index (χ3v) is 2.99. The molecule has 2 heterocycles. The van der Waals surface area contributed by atoms with Crippen LogP contribution in [0.3, 0.4) is 0 Å². The quantitative estimate of drug-likeness (QED) is 0.662. The summed E-state index contributed by atoms with van der Waals surface area (Å²) >= 11 is 0. The second kappa shape index (κ2) is 10.2. The summed E-state index contributed by atoms with van der Waals surface area (Å²) < 4.78 is 0. The molecule has 1 radical (unpaired) electrons. The van der Waals surface area contributed by atoms with Gasteiger partial charge in [-0.2, -0.15) is 0 Å². The van der Waals surface area contributed by atoms with Crippen LogP contribution in [0.2, 0.25) is 0 Å². The number of pyridine rings is 1. The van der Waals surface area contributed by atoms with Crippen molar-refractivity contribution in [3.8, 4) is 0 Å². The van der Waals surface area contributed by atoms with Gasteiger partial charge in [0.05, 0.1) is 0 Å². The maximum Gasteiger partial charge on any atom is 0.129 e. The Labute approximate surface area is 125 Å². The van der Waals surface area contributed by atoms with E-state index in [0.717, 1.165) is 18.8 Å². The second-order valence-electron chi connectivity index (χ2n) is 4.30. The summed E-state index contributed by atoms with van der Waals surface area (Å²) in [5, 5.41) is 3.38. The molecule has 18 heavy (non-hydrogen) atoms. The summed E-state index contributed by atoms with van der Waals surface area (Å²) in [6.07, 6.45) is 7.41. The Bertz CT molecular complexity index is 345. The van der Waals surface area contributed by atoms with Crippen LogP contribution in [0, 0.1) is 0 Å². The molecule has 0 atom stereocenters. The van der Waals surface area contributed by atoms with Crippen LogP contribution in [0.1, 0.15) is 45.3 Å². The largest absolute Gasteiger partial charge is 0.370 e. The fourth-order valence-corrected chi connectivity index (χ4v) is 2.06. The van der Waals surface area contributed by atoms with E-state index in [1.165, 1.54) is 43.4 Å². The molecule has 0 spiro atoms. The minimum Gasteiger partial charge on any atom is -0.370 e. The molecular weight excluding hydrogens is 259 g/mol. The van der Waals surface area contributed by atoms with E-state index in [4.69, 9.17) is 0 Å². The van der Waals surface area contributed by atoms with Crippen LogP contribution in [0.4, 0.5) is 5.82 Å². The summed E-state index contributed by atoms with van der Waals surface area (Å²) in [5.74, 6) is 1.13. The van der Waals surface area contributed by atoms with E-state index >= 15 is 0 Å². The summed E-state index contributed by atoms with van der Waals surface area (Å²) in [6, 6.07) is 4.44. The number of fused-ring (bicyclic) bond motifs is 1. The fourth-order valence-electron chi connectivity index (χ4n) is 2.06. The van der Waals surface area contributed by atoms with Crippen molar-refractivity contribution < 1.29 is 20.0 Å². The average Bonchev–Trinajstić information content (AvgIpc) is 2.41. The Kier molecular flexibility index (Phi) is 9.81. The van der Waals surface area contributed by atoms with Gasteiger partial charge in [0, 0.05) is 32.2 Å². The topological polar surface area (TPSA) is 24.9 Å². The van der Waals surface area contributed by atoms with E-state index in [0.29, 0.717) is 0 Å². The van der Waals surface area contributed by atoms with Gasteiger partial charge in [-0.05, 0) is 37.3 Å². The first-order chi connectivity index (χ1) is 8.40. The molecule has 2 rings (SSSR count). The van der Waals surface area contributed by atoms with Crippen LogP contribution in [-0.2, 0) is 31.4 Å². The molecule has 0 fully saturated rings. The molecule has 1 aliphatic heterocycles. The first-order valence-corrected chi connectivity index (χ1v) is 6.63. The number of rotatable bonds is 4. The monoisotopic (exact) mass is 285 g/mol. The van der Waals surface area contributed by atoms with Gasteiger partial charge in [0.2, 0.25) is 0 Å². The molecule has 1 aliphatic rings. The van der Waals surface area contributed by atoms with Gasteiger partial charge in [0.15, 0.2) is 0 Å². The maximum atomic E-state index is 4.67. The van der Waals surface area contributed by atoms with Gasteiger partial charge >= 0.3 is 0 Å². The maximum absolute atomic E-state index is 4.67. The van der Waals surface area contributed by atoms with Crippen molar-refractivity contribution in [1.29, 1.82) is 0 Å². The third-order valence-electron chi connectivity index (χ3n) is 2.99. The van der Waals surface area contributed by atoms with Crippen molar-refractivity contribution in [2.24, 2.45) is 0 Å². The van der Waals surface area contributed by atoms with Crippen LogP contribution in [0.15, 0.2) is 25.3 Å². The minimum atomic E-state index is 0. The van der Waals surface area contributed by atoms with Crippen molar-refractivity contribution in [1.82, 2.24) is 4.98 Å². The number of aryl methyl sites for hydroxylation is 2. The predicted octanol–water partition coefficient (Wildman–Crippen LogP) is 4.22. The molecule has 0 saturated carbocycles. The van der Waals surface area contributed by atoms with Crippen molar-refractivity contribution in [3.05, 3.63) is 36.5 Å².